The van der Waals surface area contributed by atoms with Gasteiger partial charge in [-0.3, -0.25) is 4.90 Å². The van der Waals surface area contributed by atoms with Gasteiger partial charge in [0.1, 0.15) is 0 Å². The van der Waals surface area contributed by atoms with Crippen molar-refractivity contribution >= 4 is 11.6 Å². The van der Waals surface area contributed by atoms with Crippen LogP contribution in [-0.2, 0) is 12.8 Å². The Bertz CT molecular complexity index is 664. The molecule has 3 atom stereocenters. The summed E-state index contributed by atoms with van der Waals surface area (Å²) in [5.74, 6) is 0.596. The number of nitrogens with zero attached hydrogens (tertiary/aromatic N) is 1. The molecule has 0 heterocycles. The molecule has 3 rings (SSSR count). The first-order chi connectivity index (χ1) is 12.5. The maximum atomic E-state index is 6.16. The summed E-state index contributed by atoms with van der Waals surface area (Å²) in [6.45, 7) is 8.13. The zero-order chi connectivity index (χ0) is 18.5. The van der Waals surface area contributed by atoms with Crippen LogP contribution in [-0.4, -0.2) is 28.9 Å². The third kappa shape index (κ3) is 5.34. The second kappa shape index (κ2) is 9.06. The lowest BCUT2D eigenvalue weighted by molar-refractivity contribution is 0.158. The van der Waals surface area contributed by atoms with Gasteiger partial charge >= 0.3 is 0 Å². The molecule has 0 aromatic heterocycles. The fraction of sp³-hybridized carbons (Fsp3) is 0.500. The smallest absolute Gasteiger partial charge is 0.0411 e. The Hall–Kier alpha value is -1.31. The predicted octanol–water partition coefficient (Wildman–Crippen LogP) is 6.06. The van der Waals surface area contributed by atoms with Crippen LogP contribution >= 0.6 is 11.6 Å². The summed E-state index contributed by atoms with van der Waals surface area (Å²) in [4.78, 5) is 2.64. The van der Waals surface area contributed by atoms with Crippen LogP contribution in [0.5, 0.6) is 0 Å². The van der Waals surface area contributed by atoms with Crippen LogP contribution in [0, 0.1) is 0 Å². The van der Waals surface area contributed by atoms with E-state index < -0.39 is 0 Å². The van der Waals surface area contributed by atoms with Crippen molar-refractivity contribution < 1.29 is 0 Å². The molecule has 0 aliphatic heterocycles. The predicted molar refractivity (Wildman–Crippen MR) is 113 cm³/mol. The average Bonchev–Trinajstić information content (AvgIpc) is 3.38. The van der Waals surface area contributed by atoms with Crippen molar-refractivity contribution in [2.45, 2.75) is 69.8 Å². The van der Waals surface area contributed by atoms with Crippen molar-refractivity contribution in [2.75, 3.05) is 6.54 Å². The summed E-state index contributed by atoms with van der Waals surface area (Å²) in [6.07, 6.45) is 4.61. The summed E-state index contributed by atoms with van der Waals surface area (Å²) >= 11 is 6.16. The zero-order valence-electron chi connectivity index (χ0n) is 16.4. The number of alkyl halides is 1. The van der Waals surface area contributed by atoms with Crippen molar-refractivity contribution in [2.24, 2.45) is 0 Å². The summed E-state index contributed by atoms with van der Waals surface area (Å²) in [5, 5.41) is 0.366. The quantitative estimate of drug-likeness (QED) is 0.486. The minimum absolute atomic E-state index is 0.366. The van der Waals surface area contributed by atoms with Gasteiger partial charge in [-0.2, -0.15) is 0 Å². The highest BCUT2D eigenvalue weighted by Gasteiger charge is 2.36. The van der Waals surface area contributed by atoms with E-state index in [0.29, 0.717) is 23.4 Å². The van der Waals surface area contributed by atoms with Crippen LogP contribution < -0.4 is 0 Å². The first-order valence-electron chi connectivity index (χ1n) is 10.1. The minimum Gasteiger partial charge on any atom is -0.298 e. The number of benzene rings is 2. The highest BCUT2D eigenvalue weighted by molar-refractivity contribution is 6.23. The number of aryl methyl sites for hydroxylation is 1. The van der Waals surface area contributed by atoms with Crippen LogP contribution in [0.25, 0.3) is 0 Å². The molecule has 3 unspecified atom stereocenters. The molecule has 2 aromatic rings. The molecule has 0 radical (unpaired) electrons. The van der Waals surface area contributed by atoms with Crippen molar-refractivity contribution in [3.63, 3.8) is 0 Å². The third-order valence-corrected chi connectivity index (χ3v) is 6.18. The highest BCUT2D eigenvalue weighted by atomic mass is 35.5. The number of hydrogen-bond donors (Lipinski definition) is 0. The molecule has 140 valence electrons. The van der Waals surface area contributed by atoms with Crippen molar-refractivity contribution in [1.29, 1.82) is 0 Å². The molecule has 0 N–H and O–H groups in total. The van der Waals surface area contributed by atoms with E-state index in [4.69, 9.17) is 11.6 Å². The number of hydrogen-bond acceptors (Lipinski definition) is 1. The lowest BCUT2D eigenvalue weighted by Crippen LogP contribution is -2.40. The largest absolute Gasteiger partial charge is 0.298 e. The average molecular weight is 370 g/mol. The van der Waals surface area contributed by atoms with Crippen LogP contribution in [0.15, 0.2) is 54.6 Å². The Kier molecular flexibility index (Phi) is 6.78. The molecule has 0 amide bonds. The molecule has 1 nitrogen and oxygen atoms in total. The monoisotopic (exact) mass is 369 g/mol. The maximum absolute atomic E-state index is 6.16. The van der Waals surface area contributed by atoms with Crippen molar-refractivity contribution in [1.82, 2.24) is 4.90 Å². The Morgan fingerprint density at radius 3 is 2.12 bits per heavy atom. The maximum Gasteiger partial charge on any atom is 0.0411 e. The zero-order valence-corrected chi connectivity index (χ0v) is 17.1. The van der Waals surface area contributed by atoms with Gasteiger partial charge in [-0.05, 0) is 63.1 Å². The molecular formula is C24H32ClN. The number of halogens is 1. The van der Waals surface area contributed by atoms with E-state index in [2.05, 4.69) is 80.3 Å². The summed E-state index contributed by atoms with van der Waals surface area (Å²) in [5.41, 5.74) is 4.28. The SMILES string of the molecule is CC(C)N(CCc1ccccc1)C(C)CCc1ccc(C2CC2Cl)cc1. The molecule has 2 aromatic carbocycles. The van der Waals surface area contributed by atoms with Crippen LogP contribution in [0.1, 0.15) is 56.2 Å². The molecule has 1 aliphatic rings. The van der Waals surface area contributed by atoms with Gasteiger partial charge in [0.2, 0.25) is 0 Å². The van der Waals surface area contributed by atoms with Gasteiger partial charge in [-0.15, -0.1) is 11.6 Å². The van der Waals surface area contributed by atoms with E-state index in [0.717, 1.165) is 25.8 Å². The second-order valence-corrected chi connectivity index (χ2v) is 8.62. The Morgan fingerprint density at radius 1 is 0.923 bits per heavy atom. The Morgan fingerprint density at radius 2 is 1.54 bits per heavy atom. The summed E-state index contributed by atoms with van der Waals surface area (Å²) in [6, 6.07) is 21.2. The molecule has 1 fully saturated rings. The van der Waals surface area contributed by atoms with E-state index in [1.165, 1.54) is 23.1 Å². The highest BCUT2D eigenvalue weighted by Crippen LogP contribution is 2.45. The molecule has 26 heavy (non-hydrogen) atoms. The van der Waals surface area contributed by atoms with Gasteiger partial charge in [0.15, 0.2) is 0 Å². The molecule has 1 saturated carbocycles. The third-order valence-electron chi connectivity index (χ3n) is 5.70. The molecule has 0 saturated heterocycles. The lowest BCUT2D eigenvalue weighted by atomic mass is 10.0. The molecule has 0 spiro atoms. The standard InChI is InChI=1S/C24H32ClN/c1-18(2)26(16-15-20-7-5-4-6-8-20)19(3)9-10-21-11-13-22(14-12-21)23-17-24(23)25/h4-8,11-14,18-19,23-24H,9-10,15-17H2,1-3H3. The normalized spacial score (nSPS) is 20.5. The van der Waals surface area contributed by atoms with Gasteiger partial charge in [-0.25, -0.2) is 0 Å². The van der Waals surface area contributed by atoms with E-state index in [9.17, 15) is 0 Å². The van der Waals surface area contributed by atoms with E-state index in [1.54, 1.807) is 0 Å². The van der Waals surface area contributed by atoms with Gasteiger partial charge in [-0.1, -0.05) is 54.6 Å². The van der Waals surface area contributed by atoms with E-state index in [1.807, 2.05) is 0 Å². The van der Waals surface area contributed by atoms with Crippen LogP contribution in [0.2, 0.25) is 0 Å². The fourth-order valence-electron chi connectivity index (χ4n) is 3.87. The first-order valence-corrected chi connectivity index (χ1v) is 10.5. The topological polar surface area (TPSA) is 3.24 Å². The first kappa shape index (κ1) is 19.5. The van der Waals surface area contributed by atoms with Crippen molar-refractivity contribution in [3.05, 3.63) is 71.3 Å². The lowest BCUT2D eigenvalue weighted by Gasteiger charge is -2.33. The van der Waals surface area contributed by atoms with Crippen LogP contribution in [0.3, 0.4) is 0 Å². The molecule has 1 aliphatic carbocycles. The minimum atomic E-state index is 0.366. The van der Waals surface area contributed by atoms with Gasteiger partial charge in [0, 0.05) is 29.9 Å². The molecule has 0 bridgehead atoms. The second-order valence-electron chi connectivity index (χ2n) is 8.05. The van der Waals surface area contributed by atoms with Gasteiger partial charge in [0.05, 0.1) is 0 Å². The fourth-order valence-corrected chi connectivity index (χ4v) is 4.21. The van der Waals surface area contributed by atoms with E-state index in [-0.39, 0.29) is 0 Å². The van der Waals surface area contributed by atoms with E-state index >= 15 is 0 Å². The number of rotatable bonds is 9. The van der Waals surface area contributed by atoms with Gasteiger partial charge in [0.25, 0.3) is 0 Å². The van der Waals surface area contributed by atoms with Crippen LogP contribution in [0.4, 0.5) is 0 Å². The summed E-state index contributed by atoms with van der Waals surface area (Å²) in [7, 11) is 0. The summed E-state index contributed by atoms with van der Waals surface area (Å²) < 4.78 is 0. The van der Waals surface area contributed by atoms with Gasteiger partial charge < -0.3 is 0 Å². The Labute approximate surface area is 164 Å². The molecular weight excluding hydrogens is 338 g/mol. The Balaban J connectivity index is 1.50. The molecule has 2 heteroatoms. The van der Waals surface area contributed by atoms with Crippen molar-refractivity contribution in [3.8, 4) is 0 Å².